The van der Waals surface area contributed by atoms with Crippen molar-refractivity contribution in [3.8, 4) is 0 Å². The van der Waals surface area contributed by atoms with Crippen molar-refractivity contribution >= 4 is 15.7 Å². The van der Waals surface area contributed by atoms with Crippen molar-refractivity contribution in [2.45, 2.75) is 77.6 Å². The Bertz CT molecular complexity index is 687. The van der Waals surface area contributed by atoms with Gasteiger partial charge in [0.25, 0.3) is 0 Å². The number of nitrogens with one attached hydrogen (secondary N) is 2. The first-order valence-corrected chi connectivity index (χ1v) is 12.0. The fourth-order valence-electron chi connectivity index (χ4n) is 3.55. The van der Waals surface area contributed by atoms with E-state index >= 15 is 0 Å². The molecule has 3 N–H and O–H groups in total. The summed E-state index contributed by atoms with van der Waals surface area (Å²) >= 11 is 0. The molecule has 1 aromatic rings. The van der Waals surface area contributed by atoms with Gasteiger partial charge >= 0.3 is 0 Å². The highest BCUT2D eigenvalue weighted by atomic mass is 32.2. The molecule has 0 spiro atoms. The van der Waals surface area contributed by atoms with Crippen LogP contribution in [0.5, 0.6) is 0 Å². The Labute approximate surface area is 170 Å². The molecular formula is C21H37FN2O3S. The van der Waals surface area contributed by atoms with Crippen molar-refractivity contribution in [1.82, 2.24) is 5.32 Å². The summed E-state index contributed by atoms with van der Waals surface area (Å²) in [5.41, 5.74) is -1.16. The molecule has 1 unspecified atom stereocenters. The smallest absolute Gasteiger partial charge is 0.229 e. The first-order chi connectivity index (χ1) is 12.9. The molecule has 0 amide bonds. The summed E-state index contributed by atoms with van der Waals surface area (Å²) in [5.74, 6) is 0.336. The van der Waals surface area contributed by atoms with Crippen LogP contribution in [0, 0.1) is 5.92 Å². The highest BCUT2D eigenvalue weighted by Crippen LogP contribution is 2.28. The number of benzene rings is 1. The van der Waals surface area contributed by atoms with Crippen LogP contribution in [0.2, 0.25) is 0 Å². The summed E-state index contributed by atoms with van der Waals surface area (Å²) in [6.45, 7) is 7.96. The van der Waals surface area contributed by atoms with E-state index in [0.717, 1.165) is 31.9 Å². The molecule has 0 fully saturated rings. The quantitative estimate of drug-likeness (QED) is 0.326. The van der Waals surface area contributed by atoms with Gasteiger partial charge in [-0.15, -0.1) is 0 Å². The molecule has 0 bridgehead atoms. The zero-order valence-corrected chi connectivity index (χ0v) is 18.7. The fraction of sp³-hybridized carbons (Fsp3) is 0.714. The summed E-state index contributed by atoms with van der Waals surface area (Å²) in [4.78, 5) is 0. The number of alkyl halides is 1. The van der Waals surface area contributed by atoms with E-state index < -0.39 is 21.4 Å². The van der Waals surface area contributed by atoms with Crippen LogP contribution in [0.15, 0.2) is 24.3 Å². The largest absolute Gasteiger partial charge is 0.372 e. The minimum Gasteiger partial charge on any atom is -0.372 e. The minimum absolute atomic E-state index is 0.336. The molecule has 0 aliphatic heterocycles. The highest BCUT2D eigenvalue weighted by Gasteiger charge is 2.28. The van der Waals surface area contributed by atoms with Gasteiger partial charge in [-0.05, 0) is 69.7 Å². The number of hydrogen-bond donors (Lipinski definition) is 3. The van der Waals surface area contributed by atoms with Crippen LogP contribution in [0.1, 0.15) is 71.8 Å². The van der Waals surface area contributed by atoms with Crippen molar-refractivity contribution in [1.29, 1.82) is 0 Å². The van der Waals surface area contributed by atoms with Crippen molar-refractivity contribution < 1.29 is 17.9 Å². The van der Waals surface area contributed by atoms with E-state index in [9.17, 15) is 17.9 Å². The van der Waals surface area contributed by atoms with Crippen LogP contribution in [0.25, 0.3) is 0 Å². The van der Waals surface area contributed by atoms with Crippen molar-refractivity contribution in [3.63, 3.8) is 0 Å². The van der Waals surface area contributed by atoms with Crippen LogP contribution in [0.4, 0.5) is 10.1 Å². The summed E-state index contributed by atoms with van der Waals surface area (Å²) in [5, 5.41) is 14.4. The van der Waals surface area contributed by atoms with Gasteiger partial charge in [-0.25, -0.2) is 12.8 Å². The molecule has 28 heavy (non-hydrogen) atoms. The second-order valence-electron chi connectivity index (χ2n) is 8.33. The molecule has 0 radical (unpaired) electrons. The van der Waals surface area contributed by atoms with E-state index in [0.29, 0.717) is 36.6 Å². The van der Waals surface area contributed by atoms with Crippen LogP contribution >= 0.6 is 0 Å². The zero-order valence-electron chi connectivity index (χ0n) is 17.9. The Morgan fingerprint density at radius 3 is 2.25 bits per heavy atom. The second-order valence-corrected chi connectivity index (χ2v) is 10.1. The van der Waals surface area contributed by atoms with E-state index in [1.54, 1.807) is 38.1 Å². The maximum Gasteiger partial charge on any atom is 0.229 e. The lowest BCUT2D eigenvalue weighted by atomic mass is 9.89. The molecule has 5 nitrogen and oxygen atoms in total. The van der Waals surface area contributed by atoms with E-state index in [1.807, 2.05) is 6.92 Å². The Morgan fingerprint density at radius 2 is 1.79 bits per heavy atom. The summed E-state index contributed by atoms with van der Waals surface area (Å²) < 4.78 is 39.0. The zero-order chi connectivity index (χ0) is 21.4. The Balaban J connectivity index is 2.69. The second kappa shape index (κ2) is 10.6. The molecule has 2 atom stereocenters. The lowest BCUT2D eigenvalue weighted by Gasteiger charge is -2.30. The van der Waals surface area contributed by atoms with E-state index in [1.165, 1.54) is 0 Å². The molecule has 0 aromatic heterocycles. The molecule has 162 valence electrons. The van der Waals surface area contributed by atoms with Crippen molar-refractivity contribution in [2.75, 3.05) is 17.5 Å². The van der Waals surface area contributed by atoms with Gasteiger partial charge in [-0.1, -0.05) is 38.8 Å². The van der Waals surface area contributed by atoms with Gasteiger partial charge in [0.05, 0.1) is 6.26 Å². The molecular weight excluding hydrogens is 379 g/mol. The third-order valence-corrected chi connectivity index (χ3v) is 5.44. The molecule has 7 heteroatoms. The number of hydrogen-bond acceptors (Lipinski definition) is 4. The molecule has 0 heterocycles. The minimum atomic E-state index is -3.33. The number of anilines is 1. The Hall–Kier alpha value is -1.18. The van der Waals surface area contributed by atoms with Crippen LogP contribution < -0.4 is 10.0 Å². The lowest BCUT2D eigenvalue weighted by molar-refractivity contribution is -0.00941. The van der Waals surface area contributed by atoms with Gasteiger partial charge in [-0.3, -0.25) is 10.0 Å². The van der Waals surface area contributed by atoms with Crippen LogP contribution in [-0.4, -0.2) is 32.0 Å². The highest BCUT2D eigenvalue weighted by molar-refractivity contribution is 7.92. The molecule has 0 saturated heterocycles. The topological polar surface area (TPSA) is 78.4 Å². The standard InChI is InChI=1S/C21H37FN2O3S/c1-6-14-21(25,18-10-12-19(13-11-18)24-28(5,26)27)23-15-8-9-17(7-2)16-20(3,4)22/h10-13,17,23-25H,6-9,14-16H2,1-5H3/t17?,21-/m0/s1. The number of rotatable bonds is 13. The Kier molecular flexibility index (Phi) is 9.37. The fourth-order valence-corrected chi connectivity index (χ4v) is 4.11. The molecule has 1 rings (SSSR count). The molecule has 0 aliphatic carbocycles. The maximum absolute atomic E-state index is 13.9. The molecule has 0 saturated carbocycles. The SMILES string of the molecule is CCC[C@@](O)(NCCCC(CC)CC(C)(C)F)c1ccc(NS(C)(=O)=O)cc1. The van der Waals surface area contributed by atoms with E-state index in [2.05, 4.69) is 17.0 Å². The van der Waals surface area contributed by atoms with Crippen molar-refractivity contribution in [2.24, 2.45) is 5.92 Å². The van der Waals surface area contributed by atoms with Crippen LogP contribution in [-0.2, 0) is 15.7 Å². The third kappa shape index (κ3) is 9.34. The first-order valence-electron chi connectivity index (χ1n) is 10.1. The van der Waals surface area contributed by atoms with E-state index in [4.69, 9.17) is 0 Å². The van der Waals surface area contributed by atoms with Crippen molar-refractivity contribution in [3.05, 3.63) is 29.8 Å². The van der Waals surface area contributed by atoms with Gasteiger partial charge in [0.1, 0.15) is 11.4 Å². The lowest BCUT2D eigenvalue weighted by Crippen LogP contribution is -2.42. The maximum atomic E-state index is 13.9. The third-order valence-electron chi connectivity index (χ3n) is 4.84. The summed E-state index contributed by atoms with van der Waals surface area (Å²) in [7, 11) is -3.33. The summed E-state index contributed by atoms with van der Waals surface area (Å²) in [6.07, 6.45) is 5.70. The number of aliphatic hydroxyl groups is 1. The number of halogens is 1. The average molecular weight is 417 g/mol. The van der Waals surface area contributed by atoms with Gasteiger partial charge in [-0.2, -0.15) is 0 Å². The van der Waals surface area contributed by atoms with Gasteiger partial charge in [0.15, 0.2) is 0 Å². The monoisotopic (exact) mass is 416 g/mol. The molecule has 0 aliphatic rings. The molecule has 1 aromatic carbocycles. The van der Waals surface area contributed by atoms with Crippen LogP contribution in [0.3, 0.4) is 0 Å². The number of sulfonamides is 1. The normalized spacial score (nSPS) is 15.8. The average Bonchev–Trinajstić information content (AvgIpc) is 2.56. The predicted molar refractivity (Wildman–Crippen MR) is 115 cm³/mol. The first kappa shape index (κ1) is 24.9. The van der Waals surface area contributed by atoms with Gasteiger partial charge in [0, 0.05) is 5.69 Å². The Morgan fingerprint density at radius 1 is 1.18 bits per heavy atom. The van der Waals surface area contributed by atoms with Gasteiger partial charge < -0.3 is 5.11 Å². The summed E-state index contributed by atoms with van der Waals surface area (Å²) in [6, 6.07) is 6.76. The predicted octanol–water partition coefficient (Wildman–Crippen LogP) is 4.54. The van der Waals surface area contributed by atoms with E-state index in [-0.39, 0.29) is 0 Å². The van der Waals surface area contributed by atoms with Gasteiger partial charge in [0.2, 0.25) is 10.0 Å².